The average molecular weight is 338 g/mol. The first-order chi connectivity index (χ1) is 12.0. The molecule has 0 bridgehead atoms. The molecule has 25 heavy (non-hydrogen) atoms. The number of ether oxygens (including phenoxy) is 1. The quantitative estimate of drug-likeness (QED) is 0.457. The number of aromatic amines is 2. The van der Waals surface area contributed by atoms with Gasteiger partial charge in [-0.15, -0.1) is 0 Å². The van der Waals surface area contributed by atoms with Gasteiger partial charge in [0.2, 0.25) is 0 Å². The molecule has 128 valence electrons. The van der Waals surface area contributed by atoms with Crippen LogP contribution in [0.3, 0.4) is 0 Å². The molecule has 4 rings (SSSR count). The molecule has 0 radical (unpaired) electrons. The lowest BCUT2D eigenvalue weighted by Gasteiger charge is -2.13. The van der Waals surface area contributed by atoms with E-state index in [0.717, 1.165) is 22.1 Å². The van der Waals surface area contributed by atoms with Crippen LogP contribution in [0.1, 0.15) is 29.4 Å². The Morgan fingerprint density at radius 2 is 1.44 bits per heavy atom. The van der Waals surface area contributed by atoms with Crippen LogP contribution in [0.2, 0.25) is 0 Å². The van der Waals surface area contributed by atoms with E-state index in [1.165, 1.54) is 0 Å². The Balaban J connectivity index is 1.67. The molecule has 2 unspecified atom stereocenters. The SMILES string of the molecule is COc1ccc2nc(C(O)C(O)c3nc4ccc(C)cc4[nH]3)[nH]c2c1. The first-order valence-corrected chi connectivity index (χ1v) is 7.91. The average Bonchev–Trinajstić information content (AvgIpc) is 3.22. The van der Waals surface area contributed by atoms with Crippen molar-refractivity contribution in [2.45, 2.75) is 19.1 Å². The molecule has 0 aliphatic heterocycles. The predicted octanol–water partition coefficient (Wildman–Crippen LogP) is 2.52. The van der Waals surface area contributed by atoms with Crippen molar-refractivity contribution < 1.29 is 14.9 Å². The lowest BCUT2D eigenvalue weighted by molar-refractivity contribution is 0.00780. The van der Waals surface area contributed by atoms with E-state index in [1.54, 1.807) is 25.3 Å². The number of benzene rings is 2. The Morgan fingerprint density at radius 3 is 2.04 bits per heavy atom. The highest BCUT2D eigenvalue weighted by molar-refractivity contribution is 5.77. The third-order valence-electron chi connectivity index (χ3n) is 4.22. The summed E-state index contributed by atoms with van der Waals surface area (Å²) < 4.78 is 5.18. The van der Waals surface area contributed by atoms with Crippen molar-refractivity contribution in [3.63, 3.8) is 0 Å². The van der Waals surface area contributed by atoms with Gasteiger partial charge in [-0.05, 0) is 36.8 Å². The monoisotopic (exact) mass is 338 g/mol. The number of imidazole rings is 2. The second kappa shape index (κ2) is 5.87. The summed E-state index contributed by atoms with van der Waals surface area (Å²) in [7, 11) is 1.58. The molecule has 2 aromatic carbocycles. The van der Waals surface area contributed by atoms with Gasteiger partial charge in [0, 0.05) is 6.07 Å². The number of rotatable bonds is 4. The maximum Gasteiger partial charge on any atom is 0.145 e. The number of fused-ring (bicyclic) bond motifs is 2. The fourth-order valence-electron chi connectivity index (χ4n) is 2.86. The number of nitrogens with zero attached hydrogens (tertiary/aromatic N) is 2. The maximum atomic E-state index is 10.5. The molecule has 0 saturated heterocycles. The second-order valence-corrected chi connectivity index (χ2v) is 6.04. The topological polar surface area (TPSA) is 107 Å². The zero-order valence-corrected chi connectivity index (χ0v) is 13.8. The van der Waals surface area contributed by atoms with Crippen LogP contribution in [0.25, 0.3) is 22.1 Å². The van der Waals surface area contributed by atoms with Crippen LogP contribution in [0, 0.1) is 6.92 Å². The van der Waals surface area contributed by atoms with Crippen LogP contribution in [0.4, 0.5) is 0 Å². The van der Waals surface area contributed by atoms with E-state index in [0.29, 0.717) is 17.1 Å². The van der Waals surface area contributed by atoms with Gasteiger partial charge in [-0.25, -0.2) is 9.97 Å². The standard InChI is InChI=1S/C18H18N4O3/c1-9-3-5-11-13(7-9)21-17(19-11)15(23)16(24)18-20-12-6-4-10(25-2)8-14(12)22-18/h3-8,15-16,23-24H,1-2H3,(H,19,21)(H,20,22). The van der Waals surface area contributed by atoms with Gasteiger partial charge in [-0.1, -0.05) is 6.07 Å². The molecule has 7 heteroatoms. The number of aliphatic hydroxyl groups excluding tert-OH is 2. The molecule has 2 heterocycles. The van der Waals surface area contributed by atoms with Crippen molar-refractivity contribution in [2.24, 2.45) is 0 Å². The Bertz CT molecular complexity index is 1050. The van der Waals surface area contributed by atoms with E-state index >= 15 is 0 Å². The van der Waals surface area contributed by atoms with E-state index in [2.05, 4.69) is 19.9 Å². The van der Waals surface area contributed by atoms with Crippen LogP contribution < -0.4 is 4.74 Å². The van der Waals surface area contributed by atoms with Crippen LogP contribution in [0.15, 0.2) is 36.4 Å². The van der Waals surface area contributed by atoms with E-state index in [-0.39, 0.29) is 5.82 Å². The maximum absolute atomic E-state index is 10.5. The van der Waals surface area contributed by atoms with Crippen LogP contribution >= 0.6 is 0 Å². The largest absolute Gasteiger partial charge is 0.497 e. The van der Waals surface area contributed by atoms with Gasteiger partial charge in [0.1, 0.15) is 29.6 Å². The summed E-state index contributed by atoms with van der Waals surface area (Å²) in [5, 5.41) is 21.0. The van der Waals surface area contributed by atoms with E-state index in [4.69, 9.17) is 4.74 Å². The summed E-state index contributed by atoms with van der Waals surface area (Å²) in [5.74, 6) is 1.25. The summed E-state index contributed by atoms with van der Waals surface area (Å²) in [6, 6.07) is 11.1. The van der Waals surface area contributed by atoms with Gasteiger partial charge in [-0.3, -0.25) is 0 Å². The highest BCUT2D eigenvalue weighted by Crippen LogP contribution is 2.29. The van der Waals surface area contributed by atoms with Crippen molar-refractivity contribution in [3.8, 4) is 5.75 Å². The molecule has 0 saturated carbocycles. The van der Waals surface area contributed by atoms with Gasteiger partial charge in [0.15, 0.2) is 0 Å². The Labute approximate surface area is 143 Å². The molecule has 2 atom stereocenters. The van der Waals surface area contributed by atoms with E-state index < -0.39 is 12.2 Å². The van der Waals surface area contributed by atoms with Gasteiger partial charge >= 0.3 is 0 Å². The zero-order valence-electron chi connectivity index (χ0n) is 13.8. The number of H-pyrrole nitrogens is 2. The number of aromatic nitrogens is 4. The lowest BCUT2D eigenvalue weighted by atomic mass is 10.2. The van der Waals surface area contributed by atoms with Crippen molar-refractivity contribution >= 4 is 22.1 Å². The predicted molar refractivity (Wildman–Crippen MR) is 93.4 cm³/mol. The lowest BCUT2D eigenvalue weighted by Crippen LogP contribution is -2.13. The first kappa shape index (κ1) is 15.6. The van der Waals surface area contributed by atoms with Crippen LogP contribution in [-0.2, 0) is 0 Å². The van der Waals surface area contributed by atoms with Crippen LogP contribution in [-0.4, -0.2) is 37.3 Å². The smallest absolute Gasteiger partial charge is 0.145 e. The van der Waals surface area contributed by atoms with Gasteiger partial charge in [-0.2, -0.15) is 0 Å². The Hall–Kier alpha value is -2.90. The highest BCUT2D eigenvalue weighted by atomic mass is 16.5. The summed E-state index contributed by atoms with van der Waals surface area (Å²) in [5.41, 5.74) is 4.05. The molecular weight excluding hydrogens is 320 g/mol. The molecule has 0 amide bonds. The molecule has 4 aromatic rings. The summed E-state index contributed by atoms with van der Waals surface area (Å²) in [6.07, 6.45) is -2.46. The molecule has 0 spiro atoms. The fourth-order valence-corrected chi connectivity index (χ4v) is 2.86. The van der Waals surface area contributed by atoms with Crippen molar-refractivity contribution in [1.82, 2.24) is 19.9 Å². The molecule has 2 aromatic heterocycles. The number of aryl methyl sites for hydroxylation is 1. The third-order valence-corrected chi connectivity index (χ3v) is 4.22. The Morgan fingerprint density at radius 1 is 0.880 bits per heavy atom. The number of hydrogen-bond donors (Lipinski definition) is 4. The van der Waals surface area contributed by atoms with Gasteiger partial charge < -0.3 is 24.9 Å². The number of methoxy groups -OCH3 is 1. The molecular formula is C18H18N4O3. The summed E-state index contributed by atoms with van der Waals surface area (Å²) >= 11 is 0. The van der Waals surface area contributed by atoms with Crippen molar-refractivity contribution in [3.05, 3.63) is 53.6 Å². The number of aliphatic hydroxyl groups is 2. The first-order valence-electron chi connectivity index (χ1n) is 7.91. The minimum atomic E-state index is -1.24. The van der Waals surface area contributed by atoms with Crippen molar-refractivity contribution in [1.29, 1.82) is 0 Å². The van der Waals surface area contributed by atoms with Gasteiger partial charge in [0.25, 0.3) is 0 Å². The highest BCUT2D eigenvalue weighted by Gasteiger charge is 2.26. The minimum absolute atomic E-state index is 0.271. The van der Waals surface area contributed by atoms with Gasteiger partial charge in [0.05, 0.1) is 29.2 Å². The number of nitrogens with one attached hydrogen (secondary N) is 2. The zero-order chi connectivity index (χ0) is 17.6. The summed E-state index contributed by atoms with van der Waals surface area (Å²) in [4.78, 5) is 14.8. The molecule has 0 aliphatic carbocycles. The van der Waals surface area contributed by atoms with E-state index in [1.807, 2.05) is 25.1 Å². The second-order valence-electron chi connectivity index (χ2n) is 6.04. The molecule has 4 N–H and O–H groups in total. The fraction of sp³-hybridized carbons (Fsp3) is 0.222. The normalized spacial score (nSPS) is 14.1. The minimum Gasteiger partial charge on any atom is -0.497 e. The molecule has 0 fully saturated rings. The van der Waals surface area contributed by atoms with E-state index in [9.17, 15) is 10.2 Å². The molecule has 7 nitrogen and oxygen atoms in total. The van der Waals surface area contributed by atoms with Crippen LogP contribution in [0.5, 0.6) is 5.75 Å². The third kappa shape index (κ3) is 2.73. The Kier molecular flexibility index (Phi) is 3.67. The number of hydrogen-bond acceptors (Lipinski definition) is 5. The van der Waals surface area contributed by atoms with Crippen molar-refractivity contribution in [2.75, 3.05) is 7.11 Å². The molecule has 0 aliphatic rings. The summed E-state index contributed by atoms with van der Waals surface area (Å²) in [6.45, 7) is 1.98.